The van der Waals surface area contributed by atoms with Gasteiger partial charge in [-0.3, -0.25) is 9.69 Å². The highest BCUT2D eigenvalue weighted by Crippen LogP contribution is 2.39. The van der Waals surface area contributed by atoms with Crippen molar-refractivity contribution < 1.29 is 24.1 Å². The predicted molar refractivity (Wildman–Crippen MR) is 131 cm³/mol. The molecule has 178 valence electrons. The van der Waals surface area contributed by atoms with E-state index in [9.17, 15) is 9.90 Å². The smallest absolute Gasteiger partial charge is 0.307 e. The summed E-state index contributed by atoms with van der Waals surface area (Å²) in [4.78, 5) is 14.0. The first-order valence-electron chi connectivity index (χ1n) is 11.5. The number of rotatable bonds is 9. The molecule has 0 amide bonds. The van der Waals surface area contributed by atoms with Crippen molar-refractivity contribution in [2.75, 3.05) is 27.3 Å². The van der Waals surface area contributed by atoms with E-state index in [0.717, 1.165) is 35.4 Å². The van der Waals surface area contributed by atoms with Gasteiger partial charge >= 0.3 is 5.97 Å². The van der Waals surface area contributed by atoms with Gasteiger partial charge in [-0.05, 0) is 54.8 Å². The number of aliphatic carboxylic acids is 1. The molecule has 1 N–H and O–H groups in total. The number of carbonyl (C=O) groups is 1. The van der Waals surface area contributed by atoms with E-state index in [1.807, 2.05) is 66.7 Å². The second kappa shape index (κ2) is 11.1. The third-order valence-electron chi connectivity index (χ3n) is 6.32. The first-order chi connectivity index (χ1) is 16.6. The summed E-state index contributed by atoms with van der Waals surface area (Å²) in [5.41, 5.74) is 3.09. The largest absolute Gasteiger partial charge is 0.497 e. The van der Waals surface area contributed by atoms with Crippen LogP contribution in [-0.4, -0.2) is 43.3 Å². The third kappa shape index (κ3) is 5.51. The van der Waals surface area contributed by atoms with Crippen molar-refractivity contribution in [2.24, 2.45) is 5.92 Å². The minimum absolute atomic E-state index is 0.178. The average molecular weight is 462 g/mol. The van der Waals surface area contributed by atoms with Gasteiger partial charge in [0.2, 0.25) is 0 Å². The Kier molecular flexibility index (Phi) is 7.70. The molecule has 1 saturated heterocycles. The van der Waals surface area contributed by atoms with Crippen LogP contribution in [-0.2, 0) is 11.4 Å². The zero-order valence-electron chi connectivity index (χ0n) is 19.6. The van der Waals surface area contributed by atoms with Crippen molar-refractivity contribution >= 4 is 5.97 Å². The van der Waals surface area contributed by atoms with Gasteiger partial charge in [-0.15, -0.1) is 0 Å². The molecule has 4 rings (SSSR count). The van der Waals surface area contributed by atoms with Gasteiger partial charge in [-0.1, -0.05) is 42.5 Å². The topological polar surface area (TPSA) is 68.2 Å². The molecular weight excluding hydrogens is 430 g/mol. The lowest BCUT2D eigenvalue weighted by atomic mass is 9.91. The fourth-order valence-electron chi connectivity index (χ4n) is 4.59. The first kappa shape index (κ1) is 23.6. The Balaban J connectivity index is 1.69. The number of ether oxygens (including phenoxy) is 3. The molecular formula is C28H31NO5. The molecule has 1 heterocycles. The second-order valence-electron chi connectivity index (χ2n) is 8.53. The van der Waals surface area contributed by atoms with E-state index in [-0.39, 0.29) is 6.04 Å². The van der Waals surface area contributed by atoms with Gasteiger partial charge in [-0.25, -0.2) is 0 Å². The van der Waals surface area contributed by atoms with Crippen LogP contribution in [0.5, 0.6) is 17.2 Å². The number of piperidine rings is 1. The molecule has 1 aliphatic heterocycles. The number of hydrogen-bond donors (Lipinski definition) is 1. The van der Waals surface area contributed by atoms with Crippen LogP contribution in [0.15, 0.2) is 72.8 Å². The Hall–Kier alpha value is -3.51. The van der Waals surface area contributed by atoms with Crippen molar-refractivity contribution in [2.45, 2.75) is 25.5 Å². The molecule has 0 spiro atoms. The third-order valence-corrected chi connectivity index (χ3v) is 6.32. The molecule has 0 aliphatic carbocycles. The van der Waals surface area contributed by atoms with Crippen molar-refractivity contribution in [1.29, 1.82) is 0 Å². The number of methoxy groups -OCH3 is 2. The van der Waals surface area contributed by atoms with E-state index in [0.29, 0.717) is 31.1 Å². The van der Waals surface area contributed by atoms with Gasteiger partial charge in [0.25, 0.3) is 0 Å². The van der Waals surface area contributed by atoms with Crippen LogP contribution < -0.4 is 14.2 Å². The summed E-state index contributed by atoms with van der Waals surface area (Å²) in [6.45, 7) is 1.76. The molecule has 2 atom stereocenters. The summed E-state index contributed by atoms with van der Waals surface area (Å²) in [6.07, 6.45) is 1.52. The monoisotopic (exact) mass is 461 g/mol. The molecule has 0 radical (unpaired) electrons. The van der Waals surface area contributed by atoms with Crippen LogP contribution in [0.1, 0.15) is 35.6 Å². The number of nitrogens with zero attached hydrogens (tertiary/aromatic N) is 1. The van der Waals surface area contributed by atoms with E-state index in [2.05, 4.69) is 11.0 Å². The number of hydrogen-bond acceptors (Lipinski definition) is 5. The average Bonchev–Trinajstić information content (AvgIpc) is 2.89. The maximum atomic E-state index is 11.8. The first-order valence-corrected chi connectivity index (χ1v) is 11.5. The van der Waals surface area contributed by atoms with Crippen LogP contribution in [0.25, 0.3) is 0 Å². The van der Waals surface area contributed by atoms with Crippen LogP contribution in [0.2, 0.25) is 0 Å². The van der Waals surface area contributed by atoms with Crippen LogP contribution in [0.4, 0.5) is 0 Å². The summed E-state index contributed by atoms with van der Waals surface area (Å²) in [7, 11) is 3.27. The van der Waals surface area contributed by atoms with Crippen molar-refractivity contribution in [3.63, 3.8) is 0 Å². The van der Waals surface area contributed by atoms with Crippen molar-refractivity contribution in [3.05, 3.63) is 89.5 Å². The van der Waals surface area contributed by atoms with Gasteiger partial charge in [0.1, 0.15) is 23.9 Å². The number of likely N-dealkylation sites (tertiary alicyclic amines) is 1. The van der Waals surface area contributed by atoms with Crippen molar-refractivity contribution in [3.8, 4) is 17.2 Å². The molecule has 0 bridgehead atoms. The minimum atomic E-state index is -0.745. The zero-order chi connectivity index (χ0) is 23.9. The molecule has 2 unspecified atom stereocenters. The Morgan fingerprint density at radius 1 is 1.00 bits per heavy atom. The molecule has 1 fully saturated rings. The SMILES string of the molecule is COc1ccc(C(c2cccc(OCc3ccccc3)c2)N2CCCC(C(=O)O)C2)c(OC)c1. The van der Waals surface area contributed by atoms with E-state index < -0.39 is 11.9 Å². The lowest BCUT2D eigenvalue weighted by Gasteiger charge is -2.38. The summed E-state index contributed by atoms with van der Waals surface area (Å²) in [6, 6.07) is 23.7. The van der Waals surface area contributed by atoms with Crippen LogP contribution in [0, 0.1) is 5.92 Å². The molecule has 6 heteroatoms. The van der Waals surface area contributed by atoms with E-state index in [1.54, 1.807) is 14.2 Å². The molecule has 6 nitrogen and oxygen atoms in total. The minimum Gasteiger partial charge on any atom is -0.497 e. The molecule has 3 aromatic rings. The zero-order valence-corrected chi connectivity index (χ0v) is 19.6. The highest BCUT2D eigenvalue weighted by molar-refractivity contribution is 5.70. The quantitative estimate of drug-likeness (QED) is 0.474. The summed E-state index contributed by atoms with van der Waals surface area (Å²) in [5, 5.41) is 9.68. The van der Waals surface area contributed by atoms with Gasteiger partial charge < -0.3 is 19.3 Å². The molecule has 3 aromatic carbocycles. The highest BCUT2D eigenvalue weighted by Gasteiger charge is 2.33. The normalized spacial score (nSPS) is 17.1. The maximum absolute atomic E-state index is 11.8. The van der Waals surface area contributed by atoms with Gasteiger partial charge in [0, 0.05) is 18.2 Å². The number of carboxylic acid groups (broad SMARTS) is 1. The fourth-order valence-corrected chi connectivity index (χ4v) is 4.59. The Labute approximate surface area is 200 Å². The van der Waals surface area contributed by atoms with Crippen molar-refractivity contribution in [1.82, 2.24) is 4.90 Å². The van der Waals surface area contributed by atoms with E-state index in [4.69, 9.17) is 14.2 Å². The standard InChI is InChI=1S/C28H31NO5/c1-32-23-13-14-25(26(17-23)33-2)27(29-15-7-11-22(18-29)28(30)31)21-10-6-12-24(16-21)34-19-20-8-4-3-5-9-20/h3-6,8-10,12-14,16-17,22,27H,7,11,15,18-19H2,1-2H3,(H,30,31). The second-order valence-corrected chi connectivity index (χ2v) is 8.53. The summed E-state index contributed by atoms with van der Waals surface area (Å²) in [5.74, 6) is 1.05. The Morgan fingerprint density at radius 3 is 2.56 bits per heavy atom. The molecule has 34 heavy (non-hydrogen) atoms. The predicted octanol–water partition coefficient (Wildman–Crippen LogP) is 5.17. The van der Waals surface area contributed by atoms with E-state index >= 15 is 0 Å². The lowest BCUT2D eigenvalue weighted by Crippen LogP contribution is -2.41. The van der Waals surface area contributed by atoms with Gasteiger partial charge in [0.15, 0.2) is 0 Å². The van der Waals surface area contributed by atoms with Crippen LogP contribution >= 0.6 is 0 Å². The fraction of sp³-hybridized carbons (Fsp3) is 0.321. The Bertz CT molecular complexity index is 1100. The highest BCUT2D eigenvalue weighted by atomic mass is 16.5. The molecule has 1 aliphatic rings. The number of benzene rings is 3. The lowest BCUT2D eigenvalue weighted by molar-refractivity contribution is -0.143. The Morgan fingerprint density at radius 2 is 1.82 bits per heavy atom. The van der Waals surface area contributed by atoms with Crippen LogP contribution in [0.3, 0.4) is 0 Å². The van der Waals surface area contributed by atoms with Gasteiger partial charge in [-0.2, -0.15) is 0 Å². The van der Waals surface area contributed by atoms with E-state index in [1.165, 1.54) is 0 Å². The summed E-state index contributed by atoms with van der Waals surface area (Å²) < 4.78 is 17.2. The summed E-state index contributed by atoms with van der Waals surface area (Å²) >= 11 is 0. The molecule has 0 saturated carbocycles. The maximum Gasteiger partial charge on any atom is 0.307 e. The van der Waals surface area contributed by atoms with Gasteiger partial charge in [0.05, 0.1) is 26.2 Å². The molecule has 0 aromatic heterocycles. The number of carboxylic acids is 1.